The molecule has 0 aliphatic carbocycles. The Morgan fingerprint density at radius 3 is 1.77 bits per heavy atom. The summed E-state index contributed by atoms with van der Waals surface area (Å²) in [4.78, 5) is 63.6. The summed E-state index contributed by atoms with van der Waals surface area (Å²) in [5.41, 5.74) is 7.86. The van der Waals surface area contributed by atoms with Gasteiger partial charge in [-0.05, 0) is 72.0 Å². The molecule has 306 valence electrons. The standard InChI is InChI=1S/C48H50N8O4/c1-53(48(59)60)43(37-12-6-3-7-13-37)47(58)56-26-9-15-42(56)45-50-29-40(52-45)36-22-18-34(19-23-36)33-16-20-35(21-17-33)39-28-49-44(51-39)41-14-8-25-55(41)46(57)38-24-27-54(31-38)30-32-10-4-2-5-11-32/h2-7,10-13,16-23,28-29,38,41-43H,8-9,14-15,24-27,30-31H2,1H3,(H,49,51)(H,50,52)(H,59,60)/t38-,41+,42+,43-/m1/s1. The predicted octanol–water partition coefficient (Wildman–Crippen LogP) is 8.33. The zero-order valence-electron chi connectivity index (χ0n) is 33.8. The van der Waals surface area contributed by atoms with Crippen LogP contribution in [0.15, 0.2) is 122 Å². The van der Waals surface area contributed by atoms with Crippen molar-refractivity contribution in [1.82, 2.24) is 39.5 Å². The van der Waals surface area contributed by atoms with Gasteiger partial charge < -0.3 is 24.9 Å². The molecule has 4 atom stereocenters. The summed E-state index contributed by atoms with van der Waals surface area (Å²) in [7, 11) is 1.44. The lowest BCUT2D eigenvalue weighted by atomic mass is 10.0. The molecule has 0 bridgehead atoms. The molecule has 2 aromatic heterocycles. The van der Waals surface area contributed by atoms with Crippen LogP contribution in [0.25, 0.3) is 33.6 Å². The van der Waals surface area contributed by atoms with Gasteiger partial charge in [0.15, 0.2) is 0 Å². The molecule has 60 heavy (non-hydrogen) atoms. The molecule has 0 unspecified atom stereocenters. The van der Waals surface area contributed by atoms with E-state index >= 15 is 0 Å². The number of carbonyl (C=O) groups excluding carboxylic acids is 2. The summed E-state index contributed by atoms with van der Waals surface area (Å²) in [5.74, 6) is 1.56. The van der Waals surface area contributed by atoms with Crippen molar-refractivity contribution in [2.75, 3.05) is 33.2 Å². The van der Waals surface area contributed by atoms with Crippen LogP contribution in [0.5, 0.6) is 0 Å². The third kappa shape index (κ3) is 7.94. The van der Waals surface area contributed by atoms with Crippen LogP contribution >= 0.6 is 0 Å². The normalized spacial score (nSPS) is 19.8. The lowest BCUT2D eigenvalue weighted by Crippen LogP contribution is -2.43. The largest absolute Gasteiger partial charge is 0.465 e. The van der Waals surface area contributed by atoms with E-state index in [1.54, 1.807) is 23.2 Å². The number of amides is 3. The molecule has 3 aliphatic heterocycles. The molecular formula is C48H50N8O4. The van der Waals surface area contributed by atoms with Gasteiger partial charge in [0.1, 0.15) is 17.7 Å². The van der Waals surface area contributed by atoms with Crippen molar-refractivity contribution in [3.8, 4) is 33.6 Å². The number of likely N-dealkylation sites (tertiary alicyclic amines) is 3. The van der Waals surface area contributed by atoms with E-state index < -0.39 is 12.1 Å². The van der Waals surface area contributed by atoms with E-state index in [0.717, 1.165) is 103 Å². The Hall–Kier alpha value is -6.53. The number of carboxylic acid groups (broad SMARTS) is 1. The summed E-state index contributed by atoms with van der Waals surface area (Å²) in [6, 6.07) is 35.0. The summed E-state index contributed by atoms with van der Waals surface area (Å²) >= 11 is 0. The number of aromatic amines is 2. The smallest absolute Gasteiger partial charge is 0.407 e. The molecule has 12 heteroatoms. The Balaban J connectivity index is 0.832. The second-order valence-corrected chi connectivity index (χ2v) is 16.3. The van der Waals surface area contributed by atoms with Crippen LogP contribution in [0.3, 0.4) is 0 Å². The van der Waals surface area contributed by atoms with Crippen LogP contribution in [-0.2, 0) is 16.1 Å². The highest BCUT2D eigenvalue weighted by molar-refractivity contribution is 5.87. The molecule has 12 nitrogen and oxygen atoms in total. The molecule has 3 saturated heterocycles. The number of H-pyrrole nitrogens is 2. The first-order chi connectivity index (χ1) is 29.3. The van der Waals surface area contributed by atoms with Crippen LogP contribution in [-0.4, -0.2) is 95.8 Å². The van der Waals surface area contributed by atoms with Gasteiger partial charge in [0, 0.05) is 33.2 Å². The number of carbonyl (C=O) groups is 3. The topological polar surface area (TPSA) is 142 Å². The van der Waals surface area contributed by atoms with E-state index in [1.165, 1.54) is 12.6 Å². The van der Waals surface area contributed by atoms with E-state index in [4.69, 9.17) is 9.97 Å². The molecule has 3 aliphatic rings. The van der Waals surface area contributed by atoms with E-state index in [9.17, 15) is 19.5 Å². The average Bonchev–Trinajstić information content (AvgIpc) is 4.14. The van der Waals surface area contributed by atoms with Gasteiger partial charge in [-0.15, -0.1) is 0 Å². The summed E-state index contributed by atoms with van der Waals surface area (Å²) in [6.07, 6.45) is 6.84. The highest BCUT2D eigenvalue weighted by Crippen LogP contribution is 2.37. The predicted molar refractivity (Wildman–Crippen MR) is 229 cm³/mol. The molecule has 0 saturated carbocycles. The Kier molecular flexibility index (Phi) is 11.0. The third-order valence-corrected chi connectivity index (χ3v) is 12.5. The fraction of sp³-hybridized carbons (Fsp3) is 0.312. The first kappa shape index (κ1) is 39.0. The van der Waals surface area contributed by atoms with Crippen LogP contribution in [0.4, 0.5) is 4.79 Å². The maximum absolute atomic E-state index is 14.0. The van der Waals surface area contributed by atoms with Gasteiger partial charge in [-0.3, -0.25) is 19.4 Å². The van der Waals surface area contributed by atoms with E-state index in [-0.39, 0.29) is 29.8 Å². The number of rotatable bonds is 11. The lowest BCUT2D eigenvalue weighted by molar-refractivity contribution is -0.137. The zero-order valence-corrected chi connectivity index (χ0v) is 33.8. The van der Waals surface area contributed by atoms with E-state index in [2.05, 4.69) is 92.6 Å². The zero-order chi connectivity index (χ0) is 41.2. The maximum Gasteiger partial charge on any atom is 0.407 e. The second kappa shape index (κ2) is 17.0. The Bertz CT molecular complexity index is 2430. The minimum absolute atomic E-state index is 0.0248. The van der Waals surface area contributed by atoms with E-state index in [1.807, 2.05) is 30.5 Å². The Morgan fingerprint density at radius 1 is 0.683 bits per heavy atom. The van der Waals surface area contributed by atoms with Crippen molar-refractivity contribution in [3.63, 3.8) is 0 Å². The van der Waals surface area contributed by atoms with Crippen LogP contribution in [0, 0.1) is 5.92 Å². The van der Waals surface area contributed by atoms with Crippen molar-refractivity contribution in [1.29, 1.82) is 0 Å². The van der Waals surface area contributed by atoms with Crippen LogP contribution < -0.4 is 0 Å². The minimum atomic E-state index is -1.16. The highest BCUT2D eigenvalue weighted by Gasteiger charge is 2.40. The first-order valence-corrected chi connectivity index (χ1v) is 21.0. The van der Waals surface area contributed by atoms with Crippen molar-refractivity contribution >= 4 is 17.9 Å². The Morgan fingerprint density at radius 2 is 1.20 bits per heavy atom. The van der Waals surface area contributed by atoms with Crippen molar-refractivity contribution in [3.05, 3.63) is 144 Å². The monoisotopic (exact) mass is 802 g/mol. The molecule has 3 N–H and O–H groups in total. The van der Waals surface area contributed by atoms with E-state index in [0.29, 0.717) is 17.9 Å². The maximum atomic E-state index is 14.0. The van der Waals surface area contributed by atoms with Crippen molar-refractivity contribution < 1.29 is 19.5 Å². The number of hydrogen-bond acceptors (Lipinski definition) is 6. The van der Waals surface area contributed by atoms with Crippen LogP contribution in [0.2, 0.25) is 0 Å². The van der Waals surface area contributed by atoms with Gasteiger partial charge in [-0.25, -0.2) is 14.8 Å². The quantitative estimate of drug-likeness (QED) is 0.120. The molecule has 4 aromatic carbocycles. The molecule has 6 aromatic rings. The number of hydrogen-bond donors (Lipinski definition) is 3. The van der Waals surface area contributed by atoms with Gasteiger partial charge in [0.05, 0.1) is 41.8 Å². The number of aromatic nitrogens is 4. The van der Waals surface area contributed by atoms with Crippen molar-refractivity contribution in [2.24, 2.45) is 5.92 Å². The molecule has 9 rings (SSSR count). The number of likely N-dealkylation sites (N-methyl/N-ethyl adjacent to an activating group) is 1. The van der Waals surface area contributed by atoms with Gasteiger partial charge in [0.25, 0.3) is 5.91 Å². The van der Waals surface area contributed by atoms with Gasteiger partial charge in [0.2, 0.25) is 5.91 Å². The van der Waals surface area contributed by atoms with Crippen LogP contribution in [0.1, 0.15) is 73.0 Å². The molecule has 5 heterocycles. The number of benzene rings is 4. The number of nitrogens with zero attached hydrogens (tertiary/aromatic N) is 6. The Labute approximate surface area is 349 Å². The molecular weight excluding hydrogens is 753 g/mol. The number of nitrogens with one attached hydrogen (secondary N) is 2. The molecule has 3 fully saturated rings. The fourth-order valence-corrected chi connectivity index (χ4v) is 9.31. The minimum Gasteiger partial charge on any atom is -0.465 e. The van der Waals surface area contributed by atoms with Gasteiger partial charge in [-0.2, -0.15) is 0 Å². The lowest BCUT2D eigenvalue weighted by Gasteiger charge is -2.32. The van der Waals surface area contributed by atoms with Crippen molar-refractivity contribution in [2.45, 2.75) is 56.8 Å². The third-order valence-electron chi connectivity index (χ3n) is 12.5. The first-order valence-electron chi connectivity index (χ1n) is 21.0. The van der Waals surface area contributed by atoms with Gasteiger partial charge >= 0.3 is 6.09 Å². The fourth-order valence-electron chi connectivity index (χ4n) is 9.31. The molecule has 0 spiro atoms. The second-order valence-electron chi connectivity index (χ2n) is 16.3. The molecule has 3 amide bonds. The summed E-state index contributed by atoms with van der Waals surface area (Å²) in [5, 5.41) is 9.81. The highest BCUT2D eigenvalue weighted by atomic mass is 16.4. The summed E-state index contributed by atoms with van der Waals surface area (Å²) < 4.78 is 0. The molecule has 0 radical (unpaired) electrons. The average molecular weight is 803 g/mol. The summed E-state index contributed by atoms with van der Waals surface area (Å²) in [6.45, 7) is 3.93. The number of imidazole rings is 2. The SMILES string of the molecule is CN(C(=O)O)[C@@H](C(=O)N1CCC[C@H]1c1ncc(-c2ccc(-c3ccc(-c4cnc([C@@H]5CCCN5C(=O)[C@@H]5CCN(Cc6ccccc6)C5)[nH]4)cc3)cc2)[nH]1)c1ccccc1. The van der Waals surface area contributed by atoms with Gasteiger partial charge in [-0.1, -0.05) is 109 Å².